The monoisotopic (exact) mass is 201 g/mol. The molecule has 0 fully saturated rings. The van der Waals surface area contributed by atoms with Gasteiger partial charge in [0.2, 0.25) is 0 Å². The minimum atomic E-state index is 0.981. The Labute approximate surface area is 92.7 Å². The van der Waals surface area contributed by atoms with Crippen molar-refractivity contribution in [1.29, 1.82) is 0 Å². The minimum Gasteiger partial charge on any atom is -0.270 e. The van der Waals surface area contributed by atoms with Crippen molar-refractivity contribution in [3.8, 4) is 0 Å². The summed E-state index contributed by atoms with van der Waals surface area (Å²) < 4.78 is 0. The summed E-state index contributed by atoms with van der Waals surface area (Å²) in [5.41, 5.74) is 0.981. The summed E-state index contributed by atoms with van der Waals surface area (Å²) >= 11 is 0. The third-order valence-electron chi connectivity index (χ3n) is 0.667. The van der Waals surface area contributed by atoms with E-state index in [9.17, 15) is 0 Å². The minimum absolute atomic E-state index is 0.981. The molecule has 0 aliphatic rings. The van der Waals surface area contributed by atoms with Crippen molar-refractivity contribution in [3.63, 3.8) is 0 Å². The van der Waals surface area contributed by atoms with Crippen molar-refractivity contribution in [1.82, 2.24) is 0 Å². The number of hydrogen-bond donors (Lipinski definition) is 0. The third-order valence-corrected chi connectivity index (χ3v) is 0.667. The first kappa shape index (κ1) is 29.2. The van der Waals surface area contributed by atoms with Crippen LogP contribution in [0.15, 0.2) is 29.9 Å². The molecular formula is C13H31N. The molecule has 0 bridgehead atoms. The summed E-state index contributed by atoms with van der Waals surface area (Å²) in [7, 11) is 0. The highest BCUT2D eigenvalue weighted by atomic mass is 14.7. The Morgan fingerprint density at radius 2 is 1.14 bits per heavy atom. The number of aliphatic imine (C=N–C) groups is 1. The molecule has 14 heavy (non-hydrogen) atoms. The highest BCUT2D eigenvalue weighted by molar-refractivity contribution is 5.27. The molecule has 0 unspecified atom stereocenters. The van der Waals surface area contributed by atoms with Gasteiger partial charge in [-0.3, -0.25) is 4.99 Å². The lowest BCUT2D eigenvalue weighted by molar-refractivity contribution is 1.30. The number of allylic oxidation sites excluding steroid dienone is 2. The van der Waals surface area contributed by atoms with Crippen LogP contribution in [0.4, 0.5) is 0 Å². The van der Waals surface area contributed by atoms with Gasteiger partial charge in [0, 0.05) is 5.70 Å². The van der Waals surface area contributed by atoms with Crippen LogP contribution in [0.3, 0.4) is 0 Å². The first-order valence-electron chi connectivity index (χ1n) is 5.41. The van der Waals surface area contributed by atoms with E-state index >= 15 is 0 Å². The molecule has 1 nitrogen and oxygen atoms in total. The molecular weight excluding hydrogens is 170 g/mol. The largest absolute Gasteiger partial charge is 0.270 e. The Bertz CT molecular complexity index is 83.2. The molecule has 0 atom stereocenters. The second-order valence-electron chi connectivity index (χ2n) is 1.09. The van der Waals surface area contributed by atoms with E-state index in [1.54, 1.807) is 0 Å². The summed E-state index contributed by atoms with van der Waals surface area (Å²) in [4.78, 5) is 3.62. The Morgan fingerprint density at radius 3 is 1.14 bits per heavy atom. The zero-order valence-corrected chi connectivity index (χ0v) is 11.6. The Balaban J connectivity index is -0.0000000287. The molecule has 0 saturated heterocycles. The van der Waals surface area contributed by atoms with Gasteiger partial charge in [0.25, 0.3) is 0 Å². The number of nitrogens with zero attached hydrogens (tertiary/aromatic N) is 1. The van der Waals surface area contributed by atoms with Crippen molar-refractivity contribution in [2.75, 3.05) is 0 Å². The standard InChI is InChI=1S/C5H9N.3C2H6.C2H4/c1-4-5(2)6-3;4*1-2/h4H,3H2,1-2H3;3*1-2H3;1-2H2/b5-4-;;;;. The average Bonchev–Trinajstić information content (AvgIpc) is 2.38. The van der Waals surface area contributed by atoms with E-state index in [0.29, 0.717) is 0 Å². The molecule has 0 aliphatic heterocycles. The lowest BCUT2D eigenvalue weighted by atomic mass is 10.5. The summed E-state index contributed by atoms with van der Waals surface area (Å²) in [5.74, 6) is 0. The normalized spacial score (nSPS) is 6.43. The molecule has 0 N–H and O–H groups in total. The van der Waals surface area contributed by atoms with E-state index in [4.69, 9.17) is 0 Å². The van der Waals surface area contributed by atoms with Gasteiger partial charge < -0.3 is 0 Å². The van der Waals surface area contributed by atoms with Gasteiger partial charge in [-0.25, -0.2) is 0 Å². The van der Waals surface area contributed by atoms with E-state index in [-0.39, 0.29) is 0 Å². The summed E-state index contributed by atoms with van der Waals surface area (Å²) in [6.07, 6.45) is 1.91. The SMILES string of the molecule is C=C.C=N/C(C)=C\C.CC.CC.CC. The average molecular weight is 201 g/mol. The van der Waals surface area contributed by atoms with Crippen LogP contribution in [0.1, 0.15) is 55.4 Å². The first-order valence-corrected chi connectivity index (χ1v) is 5.41. The quantitative estimate of drug-likeness (QED) is 0.393. The highest BCUT2D eigenvalue weighted by Gasteiger charge is 1.67. The molecule has 0 aromatic heterocycles. The van der Waals surface area contributed by atoms with Crippen molar-refractivity contribution in [3.05, 3.63) is 24.9 Å². The second kappa shape index (κ2) is 87.7. The van der Waals surface area contributed by atoms with Crippen molar-refractivity contribution in [2.45, 2.75) is 55.4 Å². The van der Waals surface area contributed by atoms with Gasteiger partial charge in [0.1, 0.15) is 0 Å². The van der Waals surface area contributed by atoms with E-state index in [0.717, 1.165) is 5.70 Å². The molecule has 0 aromatic rings. The maximum Gasteiger partial charge on any atom is 0.0322 e. The van der Waals surface area contributed by atoms with E-state index in [2.05, 4.69) is 24.9 Å². The zero-order valence-electron chi connectivity index (χ0n) is 11.6. The van der Waals surface area contributed by atoms with Crippen LogP contribution in [0.5, 0.6) is 0 Å². The fraction of sp³-hybridized carbons (Fsp3) is 0.615. The molecule has 0 heterocycles. The van der Waals surface area contributed by atoms with Crippen LogP contribution in [0, 0.1) is 0 Å². The van der Waals surface area contributed by atoms with Gasteiger partial charge in [0.05, 0.1) is 0 Å². The summed E-state index contributed by atoms with van der Waals surface area (Å²) in [5, 5.41) is 0. The van der Waals surface area contributed by atoms with Crippen LogP contribution in [0.2, 0.25) is 0 Å². The Morgan fingerprint density at radius 1 is 0.929 bits per heavy atom. The van der Waals surface area contributed by atoms with Gasteiger partial charge in [-0.1, -0.05) is 47.6 Å². The Hall–Kier alpha value is -0.850. The van der Waals surface area contributed by atoms with Gasteiger partial charge in [-0.05, 0) is 20.6 Å². The van der Waals surface area contributed by atoms with Crippen molar-refractivity contribution >= 4 is 6.72 Å². The van der Waals surface area contributed by atoms with E-state index < -0.39 is 0 Å². The first-order chi connectivity index (χ1) is 6.81. The van der Waals surface area contributed by atoms with Crippen LogP contribution in [0.25, 0.3) is 0 Å². The molecule has 0 spiro atoms. The highest BCUT2D eigenvalue weighted by Crippen LogP contribution is 1.87. The molecule has 0 aliphatic carbocycles. The number of rotatable bonds is 1. The van der Waals surface area contributed by atoms with E-state index in [1.165, 1.54) is 0 Å². The van der Waals surface area contributed by atoms with Gasteiger partial charge in [-0.15, -0.1) is 13.2 Å². The molecule has 0 rings (SSSR count). The number of hydrogen-bond acceptors (Lipinski definition) is 1. The predicted octanol–water partition coefficient (Wildman–Crippen LogP) is 5.49. The lowest BCUT2D eigenvalue weighted by Gasteiger charge is -1.78. The smallest absolute Gasteiger partial charge is 0.0322 e. The summed E-state index contributed by atoms with van der Waals surface area (Å²) in [6.45, 7) is 25.2. The zero-order chi connectivity index (χ0) is 13.0. The molecule has 0 radical (unpaired) electrons. The van der Waals surface area contributed by atoms with Crippen LogP contribution in [-0.4, -0.2) is 6.72 Å². The summed E-state index contributed by atoms with van der Waals surface area (Å²) in [6, 6.07) is 0. The van der Waals surface area contributed by atoms with E-state index in [1.807, 2.05) is 61.5 Å². The van der Waals surface area contributed by atoms with Crippen LogP contribution >= 0.6 is 0 Å². The maximum absolute atomic E-state index is 3.62. The van der Waals surface area contributed by atoms with Crippen LogP contribution in [-0.2, 0) is 0 Å². The molecule has 88 valence electrons. The molecule has 0 aromatic carbocycles. The van der Waals surface area contributed by atoms with Crippen molar-refractivity contribution < 1.29 is 0 Å². The Kier molecular flexibility index (Phi) is 183. The van der Waals surface area contributed by atoms with Gasteiger partial charge in [-0.2, -0.15) is 0 Å². The van der Waals surface area contributed by atoms with Gasteiger partial charge in [0.15, 0.2) is 0 Å². The lowest BCUT2D eigenvalue weighted by Crippen LogP contribution is -1.58. The predicted molar refractivity (Wildman–Crippen MR) is 74.3 cm³/mol. The van der Waals surface area contributed by atoms with Crippen LogP contribution < -0.4 is 0 Å². The third kappa shape index (κ3) is 116. The molecule has 0 saturated carbocycles. The molecule has 0 amide bonds. The van der Waals surface area contributed by atoms with Gasteiger partial charge >= 0.3 is 0 Å². The fourth-order valence-electron chi connectivity index (χ4n) is 0.0913. The fourth-order valence-corrected chi connectivity index (χ4v) is 0.0913. The molecule has 1 heteroatoms. The topological polar surface area (TPSA) is 12.4 Å². The van der Waals surface area contributed by atoms with Crippen molar-refractivity contribution in [2.24, 2.45) is 4.99 Å². The maximum atomic E-state index is 3.62. The second-order valence-corrected chi connectivity index (χ2v) is 1.09.